The average molecular weight is 461 g/mol. The molecule has 31 heavy (non-hydrogen) atoms. The van der Waals surface area contributed by atoms with Crippen molar-refractivity contribution in [3.8, 4) is 0 Å². The van der Waals surface area contributed by atoms with Crippen molar-refractivity contribution in [1.82, 2.24) is 10.2 Å². The van der Waals surface area contributed by atoms with Crippen LogP contribution in [0.1, 0.15) is 50.2 Å². The van der Waals surface area contributed by atoms with E-state index in [9.17, 15) is 9.59 Å². The highest BCUT2D eigenvalue weighted by atomic mass is 35.5. The van der Waals surface area contributed by atoms with Crippen LogP contribution in [0.4, 0.5) is 0 Å². The van der Waals surface area contributed by atoms with Gasteiger partial charge in [0, 0.05) is 22.6 Å². The summed E-state index contributed by atoms with van der Waals surface area (Å²) in [5.41, 5.74) is 1.85. The van der Waals surface area contributed by atoms with Crippen LogP contribution >= 0.6 is 23.2 Å². The van der Waals surface area contributed by atoms with Crippen LogP contribution in [-0.2, 0) is 22.4 Å². The summed E-state index contributed by atoms with van der Waals surface area (Å²) in [6.45, 7) is 2.43. The van der Waals surface area contributed by atoms with Gasteiger partial charge in [-0.15, -0.1) is 0 Å². The van der Waals surface area contributed by atoms with Gasteiger partial charge in [-0.2, -0.15) is 0 Å². The third kappa shape index (κ3) is 6.72. The van der Waals surface area contributed by atoms with E-state index in [-0.39, 0.29) is 24.3 Å². The summed E-state index contributed by atoms with van der Waals surface area (Å²) in [4.78, 5) is 28.2. The number of carbonyl (C=O) groups is 2. The van der Waals surface area contributed by atoms with Crippen LogP contribution in [-0.4, -0.2) is 35.3 Å². The molecular weight excluding hydrogens is 431 g/mol. The number of benzene rings is 2. The molecule has 1 fully saturated rings. The number of hydrogen-bond acceptors (Lipinski definition) is 2. The lowest BCUT2D eigenvalue weighted by Gasteiger charge is -2.31. The first kappa shape index (κ1) is 23.6. The fourth-order valence-electron chi connectivity index (χ4n) is 4.19. The van der Waals surface area contributed by atoms with E-state index >= 15 is 0 Å². The molecule has 4 nitrogen and oxygen atoms in total. The Hall–Kier alpha value is -2.04. The van der Waals surface area contributed by atoms with Gasteiger partial charge in [0.05, 0.1) is 6.42 Å². The van der Waals surface area contributed by atoms with E-state index in [1.54, 1.807) is 23.1 Å². The van der Waals surface area contributed by atoms with Crippen LogP contribution in [0.15, 0.2) is 48.5 Å². The van der Waals surface area contributed by atoms with Crippen molar-refractivity contribution >= 4 is 35.0 Å². The van der Waals surface area contributed by atoms with Crippen LogP contribution in [0, 0.1) is 0 Å². The Bertz CT molecular complexity index is 882. The van der Waals surface area contributed by atoms with Gasteiger partial charge in [-0.1, -0.05) is 79.4 Å². The predicted molar refractivity (Wildman–Crippen MR) is 127 cm³/mol. The Morgan fingerprint density at radius 3 is 2.45 bits per heavy atom. The lowest BCUT2D eigenvalue weighted by Crippen LogP contribution is -2.52. The second kappa shape index (κ2) is 11.5. The highest BCUT2D eigenvalue weighted by molar-refractivity contribution is 6.35. The van der Waals surface area contributed by atoms with E-state index < -0.39 is 6.04 Å². The fraction of sp³-hybridized carbons (Fsp3) is 0.440. The van der Waals surface area contributed by atoms with Gasteiger partial charge in [-0.05, 0) is 48.9 Å². The second-order valence-electron chi connectivity index (χ2n) is 8.15. The topological polar surface area (TPSA) is 49.4 Å². The molecule has 0 saturated heterocycles. The maximum absolute atomic E-state index is 13.4. The first-order valence-corrected chi connectivity index (χ1v) is 11.8. The first-order chi connectivity index (χ1) is 15.0. The molecule has 1 aliphatic rings. The number of carbonyl (C=O) groups excluding carboxylic acids is 2. The number of rotatable bonds is 9. The van der Waals surface area contributed by atoms with E-state index in [1.807, 2.05) is 37.3 Å². The maximum atomic E-state index is 13.4. The molecule has 166 valence electrons. The highest BCUT2D eigenvalue weighted by Gasteiger charge is 2.30. The standard InChI is InChI=1S/C25H30Cl2N2O2/c1-2-23(25(31)28-21-10-6-7-11-21)29(15-14-18-8-4-3-5-9-18)24(30)16-19-12-13-20(26)17-22(19)27/h3-5,8-9,12-13,17,21,23H,2,6-7,10-11,14-16H2,1H3,(H,28,31). The zero-order chi connectivity index (χ0) is 22.2. The summed E-state index contributed by atoms with van der Waals surface area (Å²) >= 11 is 12.3. The van der Waals surface area contributed by atoms with E-state index in [0.717, 1.165) is 31.2 Å². The quantitative estimate of drug-likeness (QED) is 0.540. The molecule has 1 atom stereocenters. The van der Waals surface area contributed by atoms with Gasteiger partial charge in [0.25, 0.3) is 0 Å². The summed E-state index contributed by atoms with van der Waals surface area (Å²) in [6.07, 6.45) is 5.71. The Kier molecular flexibility index (Phi) is 8.79. The minimum atomic E-state index is -0.497. The van der Waals surface area contributed by atoms with Crippen LogP contribution in [0.25, 0.3) is 0 Å². The van der Waals surface area contributed by atoms with Crippen molar-refractivity contribution < 1.29 is 9.59 Å². The molecule has 0 spiro atoms. The Labute approximate surface area is 194 Å². The van der Waals surface area contributed by atoms with Crippen molar-refractivity contribution in [3.63, 3.8) is 0 Å². The van der Waals surface area contributed by atoms with Crippen molar-refractivity contribution in [3.05, 3.63) is 69.7 Å². The summed E-state index contributed by atoms with van der Waals surface area (Å²) in [6, 6.07) is 14.9. The molecule has 0 radical (unpaired) electrons. The second-order valence-corrected chi connectivity index (χ2v) is 8.99. The SMILES string of the molecule is CCC(C(=O)NC1CCCC1)N(CCc1ccccc1)C(=O)Cc1ccc(Cl)cc1Cl. The van der Waals surface area contributed by atoms with Gasteiger partial charge < -0.3 is 10.2 Å². The molecule has 1 aliphatic carbocycles. The van der Waals surface area contributed by atoms with Crippen molar-refractivity contribution in [2.24, 2.45) is 0 Å². The predicted octanol–water partition coefficient (Wildman–Crippen LogP) is 5.44. The molecule has 1 saturated carbocycles. The lowest BCUT2D eigenvalue weighted by molar-refractivity contribution is -0.140. The molecular formula is C25H30Cl2N2O2. The molecule has 0 aliphatic heterocycles. The lowest BCUT2D eigenvalue weighted by atomic mass is 10.1. The molecule has 1 N–H and O–H groups in total. The average Bonchev–Trinajstić information content (AvgIpc) is 3.26. The van der Waals surface area contributed by atoms with Crippen LogP contribution in [0.5, 0.6) is 0 Å². The monoisotopic (exact) mass is 460 g/mol. The highest BCUT2D eigenvalue weighted by Crippen LogP contribution is 2.23. The Balaban J connectivity index is 1.77. The number of amides is 2. The largest absolute Gasteiger partial charge is 0.352 e. The molecule has 3 rings (SSSR count). The van der Waals surface area contributed by atoms with Gasteiger partial charge >= 0.3 is 0 Å². The summed E-state index contributed by atoms with van der Waals surface area (Å²) in [5.74, 6) is -0.161. The molecule has 0 bridgehead atoms. The third-order valence-electron chi connectivity index (χ3n) is 5.93. The van der Waals surface area contributed by atoms with E-state index in [1.165, 1.54) is 0 Å². The Morgan fingerprint density at radius 2 is 1.81 bits per heavy atom. The summed E-state index contributed by atoms with van der Waals surface area (Å²) in [5, 5.41) is 4.17. The normalized spacial score (nSPS) is 14.9. The van der Waals surface area contributed by atoms with Crippen LogP contribution in [0.2, 0.25) is 10.0 Å². The van der Waals surface area contributed by atoms with Crippen LogP contribution < -0.4 is 5.32 Å². The van der Waals surface area contributed by atoms with Crippen molar-refractivity contribution in [1.29, 1.82) is 0 Å². The number of hydrogen-bond donors (Lipinski definition) is 1. The van der Waals surface area contributed by atoms with Gasteiger partial charge in [0.2, 0.25) is 11.8 Å². The van der Waals surface area contributed by atoms with E-state index in [0.29, 0.717) is 35.0 Å². The molecule has 1 unspecified atom stereocenters. The molecule has 2 aromatic carbocycles. The maximum Gasteiger partial charge on any atom is 0.243 e. The minimum Gasteiger partial charge on any atom is -0.352 e. The van der Waals surface area contributed by atoms with Crippen molar-refractivity contribution in [2.45, 2.75) is 64.0 Å². The smallest absolute Gasteiger partial charge is 0.243 e. The van der Waals surface area contributed by atoms with Gasteiger partial charge in [0.15, 0.2) is 0 Å². The molecule has 6 heteroatoms. The van der Waals surface area contributed by atoms with Gasteiger partial charge in [-0.25, -0.2) is 0 Å². The molecule has 0 aromatic heterocycles. The van der Waals surface area contributed by atoms with Gasteiger partial charge in [0.1, 0.15) is 6.04 Å². The summed E-state index contributed by atoms with van der Waals surface area (Å²) in [7, 11) is 0. The number of nitrogens with zero attached hydrogens (tertiary/aromatic N) is 1. The number of halogens is 2. The minimum absolute atomic E-state index is 0.0574. The van der Waals surface area contributed by atoms with E-state index in [4.69, 9.17) is 23.2 Å². The van der Waals surface area contributed by atoms with Gasteiger partial charge in [-0.3, -0.25) is 9.59 Å². The molecule has 2 aromatic rings. The summed E-state index contributed by atoms with van der Waals surface area (Å²) < 4.78 is 0. The number of nitrogens with one attached hydrogen (secondary N) is 1. The Morgan fingerprint density at radius 1 is 1.10 bits per heavy atom. The van der Waals surface area contributed by atoms with E-state index in [2.05, 4.69) is 5.32 Å². The third-order valence-corrected chi connectivity index (χ3v) is 6.52. The fourth-order valence-corrected chi connectivity index (χ4v) is 4.67. The zero-order valence-electron chi connectivity index (χ0n) is 17.9. The van der Waals surface area contributed by atoms with Crippen molar-refractivity contribution in [2.75, 3.05) is 6.54 Å². The zero-order valence-corrected chi connectivity index (χ0v) is 19.5. The molecule has 2 amide bonds. The van der Waals surface area contributed by atoms with Crippen LogP contribution in [0.3, 0.4) is 0 Å². The molecule has 0 heterocycles. The first-order valence-electron chi connectivity index (χ1n) is 11.1.